The van der Waals surface area contributed by atoms with Crippen molar-refractivity contribution >= 4 is 49.7 Å². The minimum atomic E-state index is -0.528. The van der Waals surface area contributed by atoms with Gasteiger partial charge in [-0.25, -0.2) is 4.98 Å². The van der Waals surface area contributed by atoms with Crippen LogP contribution in [0.25, 0.3) is 33.5 Å². The smallest absolute Gasteiger partial charge is 0.312 e. The van der Waals surface area contributed by atoms with E-state index < -0.39 is 10.5 Å². The highest BCUT2D eigenvalue weighted by Crippen LogP contribution is 2.37. The number of methoxy groups -OCH3 is 1. The number of nitro benzene ring substituents is 1. The number of furan rings is 1. The van der Waals surface area contributed by atoms with Gasteiger partial charge in [-0.3, -0.25) is 14.9 Å². The van der Waals surface area contributed by atoms with Crippen LogP contribution in [0.2, 0.25) is 0 Å². The summed E-state index contributed by atoms with van der Waals surface area (Å²) in [6, 6.07) is 26.3. The number of halogens is 1. The van der Waals surface area contributed by atoms with Gasteiger partial charge in [0, 0.05) is 11.6 Å². The zero-order chi connectivity index (χ0) is 29.2. The van der Waals surface area contributed by atoms with E-state index in [2.05, 4.69) is 26.0 Å². The van der Waals surface area contributed by atoms with Gasteiger partial charge in [-0.2, -0.15) is 9.78 Å². The molecule has 10 nitrogen and oxygen atoms in total. The topological polar surface area (TPSA) is 122 Å². The number of nitro groups is 1. The Labute approximate surface area is 246 Å². The van der Waals surface area contributed by atoms with Crippen LogP contribution in [0, 0.1) is 10.1 Å². The lowest BCUT2D eigenvalue weighted by atomic mass is 10.2. The highest BCUT2D eigenvalue weighted by atomic mass is 79.9. The summed E-state index contributed by atoms with van der Waals surface area (Å²) in [6.07, 6.45) is 1.35. The van der Waals surface area contributed by atoms with E-state index in [1.165, 1.54) is 12.3 Å². The molecule has 0 atom stereocenters. The molecule has 0 saturated carbocycles. The van der Waals surface area contributed by atoms with Gasteiger partial charge in [-0.15, -0.1) is 0 Å². The summed E-state index contributed by atoms with van der Waals surface area (Å²) < 4.78 is 18.8. The summed E-state index contributed by atoms with van der Waals surface area (Å²) in [4.78, 5) is 29.7. The third-order valence-corrected chi connectivity index (χ3v) is 7.10. The van der Waals surface area contributed by atoms with Crippen molar-refractivity contribution in [2.45, 2.75) is 6.61 Å². The lowest BCUT2D eigenvalue weighted by Gasteiger charge is -2.10. The van der Waals surface area contributed by atoms with E-state index in [4.69, 9.17) is 13.9 Å². The van der Waals surface area contributed by atoms with E-state index in [-0.39, 0.29) is 23.9 Å². The SMILES string of the molecule is COc1cccc2oc(-c3nc4ccccc4c(=O)n3N=Cc3cc(Br)c(OCc4ccccc4)c([N+](=O)[O-])c3)cc12. The molecule has 0 bridgehead atoms. The van der Waals surface area contributed by atoms with Crippen molar-refractivity contribution in [3.63, 3.8) is 0 Å². The van der Waals surface area contributed by atoms with Crippen LogP contribution in [-0.2, 0) is 6.61 Å². The Balaban J connectivity index is 1.44. The molecule has 208 valence electrons. The van der Waals surface area contributed by atoms with Gasteiger partial charge < -0.3 is 13.9 Å². The second-order valence-corrected chi connectivity index (χ2v) is 10.0. The van der Waals surface area contributed by atoms with Crippen molar-refractivity contribution in [3.05, 3.63) is 127 Å². The summed E-state index contributed by atoms with van der Waals surface area (Å²) in [7, 11) is 1.56. The fourth-order valence-corrected chi connectivity index (χ4v) is 5.10. The molecule has 42 heavy (non-hydrogen) atoms. The minimum absolute atomic E-state index is 0.0856. The quantitative estimate of drug-likeness (QED) is 0.102. The first-order valence-corrected chi connectivity index (χ1v) is 13.5. The average molecular weight is 625 g/mol. The van der Waals surface area contributed by atoms with E-state index in [1.54, 1.807) is 61.7 Å². The summed E-state index contributed by atoms with van der Waals surface area (Å²) >= 11 is 3.40. The maximum Gasteiger partial charge on any atom is 0.312 e. The van der Waals surface area contributed by atoms with Crippen LogP contribution in [0.1, 0.15) is 11.1 Å². The molecule has 0 spiro atoms. The molecular formula is C31H21BrN4O6. The molecule has 0 fully saturated rings. The van der Waals surface area contributed by atoms with Gasteiger partial charge in [0.15, 0.2) is 5.76 Å². The Morgan fingerprint density at radius 3 is 2.60 bits per heavy atom. The third-order valence-electron chi connectivity index (χ3n) is 6.51. The fourth-order valence-electron chi connectivity index (χ4n) is 4.52. The first-order valence-electron chi connectivity index (χ1n) is 12.7. The minimum Gasteiger partial charge on any atom is -0.496 e. The van der Waals surface area contributed by atoms with Crippen molar-refractivity contribution in [1.29, 1.82) is 0 Å². The van der Waals surface area contributed by atoms with Crippen molar-refractivity contribution in [1.82, 2.24) is 9.66 Å². The zero-order valence-corrected chi connectivity index (χ0v) is 23.6. The average Bonchev–Trinajstić information content (AvgIpc) is 3.45. The van der Waals surface area contributed by atoms with Crippen molar-refractivity contribution in [2.24, 2.45) is 5.10 Å². The summed E-state index contributed by atoms with van der Waals surface area (Å²) in [5.41, 5.74) is 1.55. The molecule has 0 N–H and O–H groups in total. The number of ether oxygens (including phenoxy) is 2. The van der Waals surface area contributed by atoms with Gasteiger partial charge in [0.05, 0.1) is 39.0 Å². The Hall–Kier alpha value is -5.29. The van der Waals surface area contributed by atoms with Crippen molar-refractivity contribution < 1.29 is 18.8 Å². The van der Waals surface area contributed by atoms with Crippen LogP contribution in [0.3, 0.4) is 0 Å². The van der Waals surface area contributed by atoms with Gasteiger partial charge in [0.2, 0.25) is 11.6 Å². The van der Waals surface area contributed by atoms with Crippen LogP contribution in [0.5, 0.6) is 11.5 Å². The Kier molecular flexibility index (Phi) is 7.24. The molecule has 0 aliphatic carbocycles. The van der Waals surface area contributed by atoms with E-state index in [1.807, 2.05) is 30.3 Å². The first kappa shape index (κ1) is 26.9. The largest absolute Gasteiger partial charge is 0.496 e. The molecular weight excluding hydrogens is 604 g/mol. The third kappa shape index (κ3) is 5.13. The summed E-state index contributed by atoms with van der Waals surface area (Å²) in [5.74, 6) is 1.14. The summed E-state index contributed by atoms with van der Waals surface area (Å²) in [6.45, 7) is 0.150. The molecule has 0 unspecified atom stereocenters. The molecule has 0 radical (unpaired) electrons. The second kappa shape index (κ2) is 11.3. The lowest BCUT2D eigenvalue weighted by molar-refractivity contribution is -0.386. The molecule has 0 saturated heterocycles. The zero-order valence-electron chi connectivity index (χ0n) is 22.1. The standard InChI is InChI=1S/C31H21BrN4O6/c1-40-26-12-7-13-27-22(26)16-28(42-27)30-34-24-11-6-5-10-21(24)31(37)35(30)33-17-20-14-23(32)29(25(15-20)36(38)39)41-18-19-8-3-2-4-9-19/h2-17H,18H2,1H3. The van der Waals surface area contributed by atoms with Gasteiger partial charge >= 0.3 is 5.69 Å². The maximum atomic E-state index is 13.6. The molecule has 2 aromatic heterocycles. The highest BCUT2D eigenvalue weighted by Gasteiger charge is 2.21. The monoisotopic (exact) mass is 624 g/mol. The number of fused-ring (bicyclic) bond motifs is 2. The van der Waals surface area contributed by atoms with Crippen LogP contribution in [0.4, 0.5) is 5.69 Å². The number of benzene rings is 4. The lowest BCUT2D eigenvalue weighted by Crippen LogP contribution is -2.20. The van der Waals surface area contributed by atoms with Crippen LogP contribution in [0.15, 0.2) is 110 Å². The fraction of sp³-hybridized carbons (Fsp3) is 0.0645. The number of hydrogen-bond donors (Lipinski definition) is 0. The number of rotatable bonds is 8. The van der Waals surface area contributed by atoms with Crippen LogP contribution < -0.4 is 15.0 Å². The van der Waals surface area contributed by atoms with Gasteiger partial charge in [-0.1, -0.05) is 48.5 Å². The molecule has 6 rings (SSSR count). The predicted molar refractivity (Wildman–Crippen MR) is 162 cm³/mol. The predicted octanol–water partition coefficient (Wildman–Crippen LogP) is 6.95. The molecule has 4 aromatic carbocycles. The molecule has 0 aliphatic heterocycles. The van der Waals surface area contributed by atoms with Gasteiger partial charge in [0.25, 0.3) is 5.56 Å². The molecule has 2 heterocycles. The van der Waals surface area contributed by atoms with Gasteiger partial charge in [0.1, 0.15) is 17.9 Å². The molecule has 0 amide bonds. The Morgan fingerprint density at radius 2 is 1.81 bits per heavy atom. The molecule has 6 aromatic rings. The number of hydrogen-bond acceptors (Lipinski definition) is 8. The Morgan fingerprint density at radius 1 is 1.02 bits per heavy atom. The van der Waals surface area contributed by atoms with Crippen molar-refractivity contribution in [3.8, 4) is 23.1 Å². The van der Waals surface area contributed by atoms with Gasteiger partial charge in [-0.05, 0) is 57.9 Å². The van der Waals surface area contributed by atoms with E-state index in [0.29, 0.717) is 43.4 Å². The highest BCUT2D eigenvalue weighted by molar-refractivity contribution is 9.10. The normalized spacial score (nSPS) is 11.4. The van der Waals surface area contributed by atoms with E-state index >= 15 is 0 Å². The van der Waals surface area contributed by atoms with Crippen LogP contribution >= 0.6 is 15.9 Å². The van der Waals surface area contributed by atoms with Crippen molar-refractivity contribution in [2.75, 3.05) is 7.11 Å². The van der Waals surface area contributed by atoms with E-state index in [9.17, 15) is 14.9 Å². The molecule has 0 aliphatic rings. The summed E-state index contributed by atoms with van der Waals surface area (Å²) in [5, 5.41) is 17.4. The van der Waals surface area contributed by atoms with E-state index in [0.717, 1.165) is 10.2 Å². The maximum absolute atomic E-state index is 13.6. The first-order chi connectivity index (χ1) is 20.4. The second-order valence-electron chi connectivity index (χ2n) is 9.18. The molecule has 11 heteroatoms. The number of para-hydroxylation sites is 1. The van der Waals surface area contributed by atoms with Crippen LogP contribution in [-0.4, -0.2) is 27.9 Å². The number of aromatic nitrogens is 2. The number of nitrogens with zero attached hydrogens (tertiary/aromatic N) is 4. The Bertz CT molecular complexity index is 2050.